The van der Waals surface area contributed by atoms with Crippen LogP contribution in [-0.4, -0.2) is 44.2 Å². The van der Waals surface area contributed by atoms with Crippen LogP contribution in [0.25, 0.3) is 10.6 Å². The van der Waals surface area contributed by atoms with Crippen molar-refractivity contribution >= 4 is 34.5 Å². The predicted octanol–water partition coefficient (Wildman–Crippen LogP) is 3.30. The van der Waals surface area contributed by atoms with Gasteiger partial charge in [0.1, 0.15) is 5.69 Å². The number of rotatable bonds is 7. The van der Waals surface area contributed by atoms with E-state index in [0.29, 0.717) is 36.3 Å². The first kappa shape index (κ1) is 20.5. The van der Waals surface area contributed by atoms with E-state index in [1.165, 1.54) is 17.4 Å². The van der Waals surface area contributed by atoms with Crippen molar-refractivity contribution in [2.24, 2.45) is 0 Å². The molecule has 0 N–H and O–H groups in total. The molecule has 1 amide bonds. The number of amides is 1. The molecule has 0 atom stereocenters. The number of ether oxygens (including phenoxy) is 1. The maximum atomic E-state index is 12.9. The lowest BCUT2D eigenvalue weighted by molar-refractivity contribution is -0.385. The average Bonchev–Trinajstić information content (AvgIpc) is 3.42. The van der Waals surface area contributed by atoms with E-state index in [9.17, 15) is 14.9 Å². The van der Waals surface area contributed by atoms with E-state index >= 15 is 0 Å². The van der Waals surface area contributed by atoms with Crippen LogP contribution in [-0.2, 0) is 35.6 Å². The average molecular weight is 448 g/mol. The molecular formula is C19H18ClN5O4S. The van der Waals surface area contributed by atoms with Crippen LogP contribution in [0.1, 0.15) is 17.0 Å². The van der Waals surface area contributed by atoms with E-state index < -0.39 is 4.92 Å². The zero-order chi connectivity index (χ0) is 21.3. The van der Waals surface area contributed by atoms with E-state index in [-0.39, 0.29) is 23.7 Å². The molecule has 4 rings (SSSR count). The molecule has 0 unspecified atom stereocenters. The van der Waals surface area contributed by atoms with Gasteiger partial charge < -0.3 is 9.64 Å². The maximum absolute atomic E-state index is 12.9. The van der Waals surface area contributed by atoms with Crippen LogP contribution < -0.4 is 0 Å². The number of pyridine rings is 1. The Balaban J connectivity index is 1.54. The van der Waals surface area contributed by atoms with Gasteiger partial charge >= 0.3 is 0 Å². The highest BCUT2D eigenvalue weighted by atomic mass is 35.5. The number of hydrogen-bond acceptors (Lipinski definition) is 7. The van der Waals surface area contributed by atoms with Gasteiger partial charge in [-0.3, -0.25) is 19.6 Å². The Kier molecular flexibility index (Phi) is 5.80. The highest BCUT2D eigenvalue weighted by molar-refractivity contribution is 7.19. The van der Waals surface area contributed by atoms with Crippen molar-refractivity contribution in [3.63, 3.8) is 0 Å². The zero-order valence-corrected chi connectivity index (χ0v) is 17.6. The van der Waals surface area contributed by atoms with Crippen LogP contribution in [0.4, 0.5) is 5.69 Å². The molecule has 0 saturated carbocycles. The molecule has 4 heterocycles. The highest BCUT2D eigenvalue weighted by Gasteiger charge is 2.29. The topological polar surface area (TPSA) is 103 Å². The normalized spacial score (nSPS) is 12.9. The summed E-state index contributed by atoms with van der Waals surface area (Å²) >= 11 is 7.31. The van der Waals surface area contributed by atoms with Gasteiger partial charge in [0, 0.05) is 25.3 Å². The summed E-state index contributed by atoms with van der Waals surface area (Å²) in [5, 5.41) is 15.8. The van der Waals surface area contributed by atoms with Gasteiger partial charge in [-0.1, -0.05) is 11.6 Å². The molecule has 11 heteroatoms. The fourth-order valence-corrected chi connectivity index (χ4v) is 4.40. The maximum Gasteiger partial charge on any atom is 0.291 e. The summed E-state index contributed by atoms with van der Waals surface area (Å²) in [6.07, 6.45) is 1.60. The molecule has 156 valence electrons. The second kappa shape index (κ2) is 8.50. The van der Waals surface area contributed by atoms with E-state index in [2.05, 4.69) is 10.1 Å². The number of thiophene rings is 1. The number of nitro groups is 1. The minimum atomic E-state index is -0.512. The minimum absolute atomic E-state index is 0.143. The fourth-order valence-electron chi connectivity index (χ4n) is 3.39. The van der Waals surface area contributed by atoms with Crippen LogP contribution in [0.15, 0.2) is 30.5 Å². The Morgan fingerprint density at radius 3 is 2.87 bits per heavy atom. The van der Waals surface area contributed by atoms with Gasteiger partial charge in [0.2, 0.25) is 5.91 Å². The minimum Gasteiger partial charge on any atom is -0.383 e. The zero-order valence-electron chi connectivity index (χ0n) is 16.1. The lowest BCUT2D eigenvalue weighted by Crippen LogP contribution is -2.28. The molecule has 30 heavy (non-hydrogen) atoms. The Hall–Kier alpha value is -2.82. The number of fused-ring (bicyclic) bond motifs is 1. The second-order valence-electron chi connectivity index (χ2n) is 6.78. The van der Waals surface area contributed by atoms with Crippen molar-refractivity contribution in [2.75, 3.05) is 13.7 Å². The third-order valence-electron chi connectivity index (χ3n) is 4.89. The Bertz CT molecular complexity index is 1110. The molecule has 1 aliphatic rings. The molecule has 3 aromatic heterocycles. The summed E-state index contributed by atoms with van der Waals surface area (Å²) in [7, 11) is 1.62. The molecule has 0 bridgehead atoms. The summed E-state index contributed by atoms with van der Waals surface area (Å²) in [4.78, 5) is 30.7. The molecule has 0 saturated heterocycles. The summed E-state index contributed by atoms with van der Waals surface area (Å²) in [5.74, 6) is -0.221. The van der Waals surface area contributed by atoms with Gasteiger partial charge in [0.05, 0.1) is 57.8 Å². The third-order valence-corrected chi connectivity index (χ3v) is 6.14. The standard InChI is InChI=1S/C19H18ClN5O4S/c1-29-7-6-24-16-11-23(10-12(16)9-21-24)19(26)8-14-15(25(27)28)3-2-13(22-14)17-4-5-18(20)30-17/h2-5,9H,6-8,10-11H2,1H3. The second-order valence-corrected chi connectivity index (χ2v) is 8.50. The van der Waals surface area contributed by atoms with Gasteiger partial charge in [0.25, 0.3) is 5.69 Å². The third kappa shape index (κ3) is 4.07. The number of halogens is 1. The molecule has 3 aromatic rings. The van der Waals surface area contributed by atoms with E-state index in [1.807, 2.05) is 4.68 Å². The number of aromatic nitrogens is 3. The fraction of sp³-hybridized carbons (Fsp3) is 0.316. The van der Waals surface area contributed by atoms with Crippen molar-refractivity contribution < 1.29 is 14.5 Å². The molecule has 0 radical (unpaired) electrons. The Morgan fingerprint density at radius 2 is 2.17 bits per heavy atom. The van der Waals surface area contributed by atoms with Crippen molar-refractivity contribution in [3.05, 3.63) is 61.9 Å². The van der Waals surface area contributed by atoms with E-state index in [4.69, 9.17) is 16.3 Å². The van der Waals surface area contributed by atoms with Crippen molar-refractivity contribution in [3.8, 4) is 10.6 Å². The molecule has 1 aliphatic heterocycles. The highest BCUT2D eigenvalue weighted by Crippen LogP contribution is 2.32. The molecule has 0 spiro atoms. The van der Waals surface area contributed by atoms with Gasteiger partial charge in [-0.2, -0.15) is 5.10 Å². The van der Waals surface area contributed by atoms with Crippen LogP contribution >= 0.6 is 22.9 Å². The first-order valence-electron chi connectivity index (χ1n) is 9.16. The molecule has 0 aromatic carbocycles. The van der Waals surface area contributed by atoms with Gasteiger partial charge in [-0.25, -0.2) is 4.98 Å². The number of carbonyl (C=O) groups is 1. The number of hydrogen-bond donors (Lipinski definition) is 0. The summed E-state index contributed by atoms with van der Waals surface area (Å²) in [6, 6.07) is 6.50. The molecule has 9 nitrogen and oxygen atoms in total. The largest absolute Gasteiger partial charge is 0.383 e. The van der Waals surface area contributed by atoms with Crippen LogP contribution in [0.2, 0.25) is 4.34 Å². The summed E-state index contributed by atoms with van der Waals surface area (Å²) in [5.41, 5.74) is 2.47. The lowest BCUT2D eigenvalue weighted by atomic mass is 10.2. The van der Waals surface area contributed by atoms with Crippen LogP contribution in [0, 0.1) is 10.1 Å². The predicted molar refractivity (Wildman–Crippen MR) is 111 cm³/mol. The first-order valence-corrected chi connectivity index (χ1v) is 10.4. The molecular weight excluding hydrogens is 430 g/mol. The smallest absolute Gasteiger partial charge is 0.291 e. The van der Waals surface area contributed by atoms with Crippen molar-refractivity contribution in [1.82, 2.24) is 19.7 Å². The quantitative estimate of drug-likeness (QED) is 0.406. The monoisotopic (exact) mass is 447 g/mol. The van der Waals surface area contributed by atoms with Crippen molar-refractivity contribution in [2.45, 2.75) is 26.1 Å². The number of methoxy groups -OCH3 is 1. The molecule has 0 aliphatic carbocycles. The van der Waals surface area contributed by atoms with Crippen molar-refractivity contribution in [1.29, 1.82) is 0 Å². The summed E-state index contributed by atoms with van der Waals surface area (Å²) in [6.45, 7) is 1.96. The number of nitrogens with zero attached hydrogens (tertiary/aromatic N) is 5. The van der Waals surface area contributed by atoms with Crippen LogP contribution in [0.5, 0.6) is 0 Å². The van der Waals surface area contributed by atoms with Gasteiger partial charge in [-0.05, 0) is 18.2 Å². The van der Waals surface area contributed by atoms with Gasteiger partial charge in [-0.15, -0.1) is 11.3 Å². The molecule has 0 fully saturated rings. The van der Waals surface area contributed by atoms with E-state index in [0.717, 1.165) is 16.1 Å². The number of carbonyl (C=O) groups excluding carboxylic acids is 1. The SMILES string of the molecule is COCCn1ncc2c1CN(C(=O)Cc1nc(-c3ccc(Cl)s3)ccc1[N+](=O)[O-])C2. The van der Waals surface area contributed by atoms with Crippen LogP contribution in [0.3, 0.4) is 0 Å². The summed E-state index contributed by atoms with van der Waals surface area (Å²) < 4.78 is 7.52. The Labute approximate surface area is 181 Å². The lowest BCUT2D eigenvalue weighted by Gasteiger charge is -2.16. The Morgan fingerprint density at radius 1 is 1.33 bits per heavy atom. The van der Waals surface area contributed by atoms with E-state index in [1.54, 1.807) is 36.4 Å². The first-order chi connectivity index (χ1) is 14.5. The van der Waals surface area contributed by atoms with Gasteiger partial charge in [0.15, 0.2) is 0 Å².